The first kappa shape index (κ1) is 20.2. The van der Waals surface area contributed by atoms with Crippen LogP contribution >= 0.6 is 11.6 Å². The Morgan fingerprint density at radius 3 is 2.55 bits per heavy atom. The van der Waals surface area contributed by atoms with Crippen LogP contribution in [0.15, 0.2) is 65.7 Å². The summed E-state index contributed by atoms with van der Waals surface area (Å²) < 4.78 is 42.8. The topological polar surface area (TPSA) is 57.9 Å². The number of hydrogen-bond donors (Lipinski definition) is 0. The van der Waals surface area contributed by atoms with E-state index in [2.05, 4.69) is 9.30 Å². The van der Waals surface area contributed by atoms with Crippen molar-refractivity contribution < 1.29 is 12.8 Å². The van der Waals surface area contributed by atoms with Gasteiger partial charge >= 0.3 is 0 Å². The molecule has 0 N–H and O–H groups in total. The fraction of sp³-hybridized carbons (Fsp3) is 0.227. The van der Waals surface area contributed by atoms with Gasteiger partial charge in [0, 0.05) is 37.4 Å². The molecule has 6 nitrogen and oxygen atoms in total. The largest absolute Gasteiger partial charge is 0.353 e. The minimum absolute atomic E-state index is 0.106. The standard InChI is InChI=1S/C22H20ClFN4O2S/c23-16-4-9-20-19(15-16)25-22(21-3-1-12-28(20)21)26-10-2-11-27(14-13-26)31(29,30)18-7-5-17(24)6-8-18/h1,3-9,12,15H,2,10-11,13-14H2. The molecule has 1 aliphatic rings. The van der Waals surface area contributed by atoms with Gasteiger partial charge in [-0.2, -0.15) is 4.31 Å². The highest BCUT2D eigenvalue weighted by molar-refractivity contribution is 7.89. The van der Waals surface area contributed by atoms with E-state index in [-0.39, 0.29) is 4.90 Å². The second kappa shape index (κ2) is 7.78. The van der Waals surface area contributed by atoms with Crippen molar-refractivity contribution in [2.24, 2.45) is 0 Å². The first-order chi connectivity index (χ1) is 14.9. The van der Waals surface area contributed by atoms with E-state index in [9.17, 15) is 12.8 Å². The number of benzene rings is 2. The van der Waals surface area contributed by atoms with Gasteiger partial charge in [-0.1, -0.05) is 11.6 Å². The zero-order valence-electron chi connectivity index (χ0n) is 16.6. The molecule has 0 radical (unpaired) electrons. The van der Waals surface area contributed by atoms with Gasteiger partial charge in [-0.25, -0.2) is 17.8 Å². The molecule has 0 saturated carbocycles. The number of sulfonamides is 1. The Kier molecular flexibility index (Phi) is 5.08. The zero-order valence-corrected chi connectivity index (χ0v) is 18.2. The third-order valence-electron chi connectivity index (χ3n) is 5.61. The smallest absolute Gasteiger partial charge is 0.243 e. The third-order valence-corrected chi connectivity index (χ3v) is 7.75. The van der Waals surface area contributed by atoms with Gasteiger partial charge in [-0.3, -0.25) is 0 Å². The minimum atomic E-state index is -3.68. The lowest BCUT2D eigenvalue weighted by molar-refractivity contribution is 0.433. The number of hydrogen-bond acceptors (Lipinski definition) is 4. The van der Waals surface area contributed by atoms with Crippen molar-refractivity contribution in [2.45, 2.75) is 11.3 Å². The highest BCUT2D eigenvalue weighted by Gasteiger charge is 2.28. The van der Waals surface area contributed by atoms with E-state index < -0.39 is 15.8 Å². The summed E-state index contributed by atoms with van der Waals surface area (Å²) >= 11 is 6.19. The lowest BCUT2D eigenvalue weighted by atomic mass is 10.2. The normalized spacial score (nSPS) is 16.1. The number of aromatic nitrogens is 2. The van der Waals surface area contributed by atoms with Crippen molar-refractivity contribution in [3.8, 4) is 0 Å². The van der Waals surface area contributed by atoms with Crippen LogP contribution in [0.25, 0.3) is 16.6 Å². The Labute approximate surface area is 184 Å². The fourth-order valence-electron chi connectivity index (χ4n) is 4.07. The van der Waals surface area contributed by atoms with Gasteiger partial charge in [0.1, 0.15) is 5.82 Å². The van der Waals surface area contributed by atoms with E-state index >= 15 is 0 Å². The molecule has 1 saturated heterocycles. The molecule has 2 aromatic heterocycles. The molecule has 0 spiro atoms. The molecule has 1 aliphatic heterocycles. The van der Waals surface area contributed by atoms with Crippen molar-refractivity contribution >= 4 is 44.0 Å². The molecule has 3 heterocycles. The van der Waals surface area contributed by atoms with Crippen LogP contribution in [0, 0.1) is 5.82 Å². The molecule has 31 heavy (non-hydrogen) atoms. The molecule has 9 heteroatoms. The van der Waals surface area contributed by atoms with Crippen LogP contribution in [0.1, 0.15) is 6.42 Å². The monoisotopic (exact) mass is 458 g/mol. The van der Waals surface area contributed by atoms with Crippen LogP contribution in [-0.4, -0.2) is 48.3 Å². The maximum absolute atomic E-state index is 13.2. The molecular formula is C22H20ClFN4O2S. The van der Waals surface area contributed by atoms with Crippen LogP contribution in [0.5, 0.6) is 0 Å². The minimum Gasteiger partial charge on any atom is -0.353 e. The molecule has 4 aromatic rings. The summed E-state index contributed by atoms with van der Waals surface area (Å²) in [5.41, 5.74) is 2.71. The highest BCUT2D eigenvalue weighted by atomic mass is 35.5. The van der Waals surface area contributed by atoms with E-state index in [0.717, 1.165) is 22.4 Å². The average Bonchev–Trinajstić information content (AvgIpc) is 3.10. The predicted octanol–water partition coefficient (Wildman–Crippen LogP) is 4.18. The summed E-state index contributed by atoms with van der Waals surface area (Å²) in [6.45, 7) is 1.89. The van der Waals surface area contributed by atoms with Gasteiger partial charge in [0.05, 0.1) is 21.4 Å². The van der Waals surface area contributed by atoms with Crippen LogP contribution in [0.3, 0.4) is 0 Å². The van der Waals surface area contributed by atoms with Gasteiger partial charge in [0.15, 0.2) is 5.82 Å². The van der Waals surface area contributed by atoms with Crippen molar-refractivity contribution in [1.82, 2.24) is 13.7 Å². The summed E-state index contributed by atoms with van der Waals surface area (Å²) in [5, 5.41) is 0.616. The summed E-state index contributed by atoms with van der Waals surface area (Å²) in [7, 11) is -3.68. The summed E-state index contributed by atoms with van der Waals surface area (Å²) in [6.07, 6.45) is 2.64. The van der Waals surface area contributed by atoms with E-state index in [4.69, 9.17) is 16.6 Å². The molecule has 0 aliphatic carbocycles. The van der Waals surface area contributed by atoms with Crippen molar-refractivity contribution in [1.29, 1.82) is 0 Å². The molecule has 0 amide bonds. The Hall–Kier alpha value is -2.68. The van der Waals surface area contributed by atoms with Gasteiger partial charge in [-0.15, -0.1) is 0 Å². The lowest BCUT2D eigenvalue weighted by Crippen LogP contribution is -2.35. The molecule has 5 rings (SSSR count). The average molecular weight is 459 g/mol. The quantitative estimate of drug-likeness (QED) is 0.462. The number of anilines is 1. The first-order valence-electron chi connectivity index (χ1n) is 10.0. The second-order valence-corrected chi connectivity index (χ2v) is 9.90. The Morgan fingerprint density at radius 1 is 0.935 bits per heavy atom. The Balaban J connectivity index is 1.47. The summed E-state index contributed by atoms with van der Waals surface area (Å²) in [5.74, 6) is 0.348. The van der Waals surface area contributed by atoms with Gasteiger partial charge in [-0.05, 0) is 61.0 Å². The van der Waals surface area contributed by atoms with Crippen molar-refractivity contribution in [3.63, 3.8) is 0 Å². The molecule has 0 unspecified atom stereocenters. The van der Waals surface area contributed by atoms with E-state index in [1.54, 1.807) is 0 Å². The van der Waals surface area contributed by atoms with E-state index in [1.165, 1.54) is 28.6 Å². The molecule has 2 aromatic carbocycles. The number of halogens is 2. The number of fused-ring (bicyclic) bond motifs is 3. The Morgan fingerprint density at radius 2 is 1.74 bits per heavy atom. The lowest BCUT2D eigenvalue weighted by Gasteiger charge is -2.24. The van der Waals surface area contributed by atoms with E-state index in [0.29, 0.717) is 37.6 Å². The van der Waals surface area contributed by atoms with Crippen LogP contribution in [0.2, 0.25) is 5.02 Å². The Bertz CT molecular complexity index is 1370. The SMILES string of the molecule is O=S(=O)(c1ccc(F)cc1)N1CCCN(c2nc3cc(Cl)ccc3n3cccc23)CC1. The van der Waals surface area contributed by atoms with Crippen molar-refractivity contribution in [2.75, 3.05) is 31.1 Å². The summed E-state index contributed by atoms with van der Waals surface area (Å²) in [6, 6.07) is 14.6. The number of nitrogens with zero attached hydrogens (tertiary/aromatic N) is 4. The molecule has 160 valence electrons. The highest BCUT2D eigenvalue weighted by Crippen LogP contribution is 2.28. The maximum atomic E-state index is 13.2. The van der Waals surface area contributed by atoms with Gasteiger partial charge in [0.25, 0.3) is 0 Å². The van der Waals surface area contributed by atoms with E-state index in [1.807, 2.05) is 36.5 Å². The number of rotatable bonds is 3. The molecule has 0 bridgehead atoms. The van der Waals surface area contributed by atoms with Crippen LogP contribution < -0.4 is 4.90 Å². The third kappa shape index (κ3) is 3.64. The molecule has 0 atom stereocenters. The zero-order chi connectivity index (χ0) is 21.6. The summed E-state index contributed by atoms with van der Waals surface area (Å²) in [4.78, 5) is 7.10. The maximum Gasteiger partial charge on any atom is 0.243 e. The first-order valence-corrected chi connectivity index (χ1v) is 11.8. The predicted molar refractivity (Wildman–Crippen MR) is 120 cm³/mol. The van der Waals surface area contributed by atoms with Crippen LogP contribution in [0.4, 0.5) is 10.2 Å². The van der Waals surface area contributed by atoms with Gasteiger partial charge in [0.2, 0.25) is 10.0 Å². The molecular weight excluding hydrogens is 439 g/mol. The van der Waals surface area contributed by atoms with Crippen molar-refractivity contribution in [3.05, 3.63) is 71.6 Å². The fourth-order valence-corrected chi connectivity index (χ4v) is 5.70. The van der Waals surface area contributed by atoms with Gasteiger partial charge < -0.3 is 9.30 Å². The van der Waals surface area contributed by atoms with Crippen LogP contribution in [-0.2, 0) is 10.0 Å². The second-order valence-electron chi connectivity index (χ2n) is 7.53. The molecule has 1 fully saturated rings.